The van der Waals surface area contributed by atoms with Crippen LogP contribution in [0.25, 0.3) is 10.9 Å². The van der Waals surface area contributed by atoms with Gasteiger partial charge in [-0.25, -0.2) is 23.1 Å². The third-order valence-electron chi connectivity index (χ3n) is 7.74. The maximum atomic E-state index is 13.7. The normalized spacial score (nSPS) is 15.1. The molecule has 4 aromatic rings. The molecule has 1 saturated heterocycles. The van der Waals surface area contributed by atoms with Gasteiger partial charge in [-0.15, -0.1) is 0 Å². The maximum Gasteiger partial charge on any atom is 0.285 e. The standard InChI is InChI=1S/C29H35ClN8O4S/c1-16-13-20(18(3)31-22-7-8-23(30)32-26(22)27(39)35-43(6,41)42)25-21(14-16)28(40)37(5)29(33-25)38-11-9-19(10-12-38)24-17(2)15-36(4)34-24/h7-8,13-15,18-19,31H,9-12H2,1-6H3,(H,35,39)/t18-/m1/s1. The smallest absolute Gasteiger partial charge is 0.285 e. The van der Waals surface area contributed by atoms with Crippen molar-refractivity contribution in [3.05, 3.63) is 74.0 Å². The van der Waals surface area contributed by atoms with E-state index in [1.165, 1.54) is 11.6 Å². The minimum absolute atomic E-state index is 0.0367. The van der Waals surface area contributed by atoms with E-state index in [2.05, 4.69) is 27.2 Å². The van der Waals surface area contributed by atoms with Crippen LogP contribution in [-0.4, -0.2) is 58.0 Å². The summed E-state index contributed by atoms with van der Waals surface area (Å²) in [5.74, 6) is 0.0270. The number of sulfonamides is 1. The van der Waals surface area contributed by atoms with Crippen LogP contribution in [0.3, 0.4) is 0 Å². The summed E-state index contributed by atoms with van der Waals surface area (Å²) in [5, 5.41) is 8.45. The van der Waals surface area contributed by atoms with Crippen LogP contribution in [0.1, 0.15) is 64.6 Å². The zero-order chi connectivity index (χ0) is 31.2. The Bertz CT molecular complexity index is 1890. The van der Waals surface area contributed by atoms with Gasteiger partial charge in [0.2, 0.25) is 16.0 Å². The lowest BCUT2D eigenvalue weighted by atomic mass is 9.92. The van der Waals surface area contributed by atoms with Crippen LogP contribution in [0.2, 0.25) is 5.15 Å². The average molecular weight is 627 g/mol. The van der Waals surface area contributed by atoms with Gasteiger partial charge in [-0.1, -0.05) is 17.7 Å². The number of fused-ring (bicyclic) bond motifs is 1. The Labute approximate surface area is 255 Å². The van der Waals surface area contributed by atoms with Gasteiger partial charge in [-0.2, -0.15) is 5.10 Å². The maximum absolute atomic E-state index is 13.7. The first-order valence-electron chi connectivity index (χ1n) is 13.9. The molecule has 5 rings (SSSR count). The second kappa shape index (κ2) is 11.6. The van der Waals surface area contributed by atoms with Crippen LogP contribution in [0, 0.1) is 13.8 Å². The molecule has 1 aliphatic rings. The number of rotatable bonds is 7. The summed E-state index contributed by atoms with van der Waals surface area (Å²) in [5.41, 5.74) is 4.45. The van der Waals surface area contributed by atoms with Crippen molar-refractivity contribution >= 4 is 50.1 Å². The van der Waals surface area contributed by atoms with Gasteiger partial charge in [0.05, 0.1) is 34.6 Å². The number of amides is 1. The van der Waals surface area contributed by atoms with Crippen LogP contribution < -0.4 is 20.5 Å². The highest BCUT2D eigenvalue weighted by Gasteiger charge is 2.27. The quantitative estimate of drug-likeness (QED) is 0.294. The Hall–Kier alpha value is -3.97. The van der Waals surface area contributed by atoms with E-state index >= 15 is 0 Å². The molecule has 12 nitrogen and oxygen atoms in total. The van der Waals surface area contributed by atoms with Gasteiger partial charge >= 0.3 is 0 Å². The number of aryl methyl sites for hydroxylation is 3. The number of piperidine rings is 1. The van der Waals surface area contributed by atoms with Gasteiger partial charge < -0.3 is 10.2 Å². The van der Waals surface area contributed by atoms with Gasteiger partial charge in [-0.05, 0) is 62.9 Å². The lowest BCUT2D eigenvalue weighted by Crippen LogP contribution is -2.38. The molecule has 3 aromatic heterocycles. The molecule has 1 fully saturated rings. The second-order valence-corrected chi connectivity index (χ2v) is 13.4. The highest BCUT2D eigenvalue weighted by Crippen LogP contribution is 2.32. The molecule has 4 heterocycles. The van der Waals surface area contributed by atoms with Crippen molar-refractivity contribution in [2.75, 3.05) is 29.6 Å². The van der Waals surface area contributed by atoms with Gasteiger partial charge in [0.1, 0.15) is 5.15 Å². The Morgan fingerprint density at radius 2 is 1.81 bits per heavy atom. The highest BCUT2D eigenvalue weighted by molar-refractivity contribution is 7.89. The van der Waals surface area contributed by atoms with Crippen molar-refractivity contribution in [3.8, 4) is 0 Å². The molecule has 0 unspecified atom stereocenters. The van der Waals surface area contributed by atoms with Crippen LogP contribution in [-0.2, 0) is 24.1 Å². The molecule has 0 saturated carbocycles. The lowest BCUT2D eigenvalue weighted by Gasteiger charge is -2.33. The van der Waals surface area contributed by atoms with E-state index in [1.807, 2.05) is 48.6 Å². The van der Waals surface area contributed by atoms with E-state index in [9.17, 15) is 18.0 Å². The molecular formula is C29H35ClN8O4S. The predicted molar refractivity (Wildman–Crippen MR) is 167 cm³/mol. The molecule has 1 aromatic carbocycles. The van der Waals surface area contributed by atoms with Gasteiger partial charge in [0.15, 0.2) is 5.69 Å². The summed E-state index contributed by atoms with van der Waals surface area (Å²) >= 11 is 6.04. The largest absolute Gasteiger partial charge is 0.377 e. The summed E-state index contributed by atoms with van der Waals surface area (Å²) in [6.07, 6.45) is 4.71. The molecule has 14 heteroatoms. The molecule has 43 heavy (non-hydrogen) atoms. The molecule has 1 aliphatic heterocycles. The Morgan fingerprint density at radius 1 is 1.12 bits per heavy atom. The zero-order valence-electron chi connectivity index (χ0n) is 25.0. The first-order valence-corrected chi connectivity index (χ1v) is 16.2. The Morgan fingerprint density at radius 3 is 2.44 bits per heavy atom. The monoisotopic (exact) mass is 626 g/mol. The van der Waals surface area contributed by atoms with Gasteiger partial charge in [-0.3, -0.25) is 18.8 Å². The zero-order valence-corrected chi connectivity index (χ0v) is 26.5. The number of hydrogen-bond acceptors (Lipinski definition) is 9. The molecule has 0 bridgehead atoms. The third-order valence-corrected chi connectivity index (χ3v) is 8.50. The molecule has 1 atom stereocenters. The fraction of sp³-hybridized carbons (Fsp3) is 0.414. The summed E-state index contributed by atoms with van der Waals surface area (Å²) in [7, 11) is -0.148. The highest BCUT2D eigenvalue weighted by atomic mass is 35.5. The van der Waals surface area contributed by atoms with Crippen molar-refractivity contribution < 1.29 is 13.2 Å². The van der Waals surface area contributed by atoms with Crippen molar-refractivity contribution in [3.63, 3.8) is 0 Å². The lowest BCUT2D eigenvalue weighted by molar-refractivity contribution is 0.0977. The molecule has 1 amide bonds. The number of carbonyl (C=O) groups excluding carboxylic acids is 1. The fourth-order valence-corrected chi connectivity index (χ4v) is 6.37. The third kappa shape index (κ3) is 6.37. The van der Waals surface area contributed by atoms with E-state index in [0.29, 0.717) is 22.8 Å². The molecule has 228 valence electrons. The number of benzene rings is 1. The number of nitrogens with zero attached hydrogens (tertiary/aromatic N) is 6. The fourth-order valence-electron chi connectivity index (χ4n) is 5.79. The SMILES string of the molecule is Cc1cc([C@@H](C)Nc2ccc(Cl)nc2C(=O)NS(C)(=O)=O)c2nc(N3CCC(c4nn(C)cc4C)CC3)n(C)c(=O)c2c1. The first kappa shape index (κ1) is 30.5. The predicted octanol–water partition coefficient (Wildman–Crippen LogP) is 3.58. The summed E-state index contributed by atoms with van der Waals surface area (Å²) < 4.78 is 28.8. The summed E-state index contributed by atoms with van der Waals surface area (Å²) in [4.78, 5) is 37.6. The van der Waals surface area contributed by atoms with E-state index in [0.717, 1.165) is 49.0 Å². The Balaban J connectivity index is 1.49. The van der Waals surface area contributed by atoms with Gasteiger partial charge in [0, 0.05) is 44.9 Å². The van der Waals surface area contributed by atoms with Crippen molar-refractivity contribution in [1.82, 2.24) is 29.0 Å². The molecule has 2 N–H and O–H groups in total. The summed E-state index contributed by atoms with van der Waals surface area (Å²) in [6, 6.07) is 6.40. The van der Waals surface area contributed by atoms with Crippen LogP contribution >= 0.6 is 11.6 Å². The van der Waals surface area contributed by atoms with Crippen molar-refractivity contribution in [1.29, 1.82) is 0 Å². The topological polar surface area (TPSA) is 144 Å². The number of aromatic nitrogens is 5. The Kier molecular flexibility index (Phi) is 8.23. The van der Waals surface area contributed by atoms with E-state index in [-0.39, 0.29) is 22.1 Å². The number of hydrogen-bond donors (Lipinski definition) is 2. The number of pyridine rings is 1. The molecule has 0 spiro atoms. The average Bonchev–Trinajstić information content (AvgIpc) is 3.28. The van der Waals surface area contributed by atoms with Crippen LogP contribution in [0.4, 0.5) is 11.6 Å². The van der Waals surface area contributed by atoms with E-state index in [1.54, 1.807) is 17.7 Å². The summed E-state index contributed by atoms with van der Waals surface area (Å²) in [6.45, 7) is 7.33. The van der Waals surface area contributed by atoms with E-state index in [4.69, 9.17) is 16.6 Å². The number of halogens is 1. The minimum atomic E-state index is -3.83. The van der Waals surface area contributed by atoms with Crippen LogP contribution in [0.15, 0.2) is 35.3 Å². The van der Waals surface area contributed by atoms with Crippen molar-refractivity contribution in [2.24, 2.45) is 14.1 Å². The number of carbonyl (C=O) groups is 1. The second-order valence-electron chi connectivity index (χ2n) is 11.3. The van der Waals surface area contributed by atoms with Crippen LogP contribution in [0.5, 0.6) is 0 Å². The first-order chi connectivity index (χ1) is 20.2. The molecular weight excluding hydrogens is 592 g/mol. The molecule has 0 aliphatic carbocycles. The molecule has 0 radical (unpaired) electrons. The number of nitrogens with one attached hydrogen (secondary N) is 2. The number of anilines is 2. The van der Waals surface area contributed by atoms with Crippen molar-refractivity contribution in [2.45, 2.75) is 45.6 Å². The van der Waals surface area contributed by atoms with E-state index < -0.39 is 22.0 Å². The van der Waals surface area contributed by atoms with Gasteiger partial charge in [0.25, 0.3) is 11.5 Å². The minimum Gasteiger partial charge on any atom is -0.377 e.